The van der Waals surface area contributed by atoms with E-state index in [4.69, 9.17) is 9.47 Å². The van der Waals surface area contributed by atoms with Crippen molar-refractivity contribution in [2.45, 2.75) is 6.92 Å². The van der Waals surface area contributed by atoms with E-state index < -0.39 is 0 Å². The standard InChI is InChI=1S/C23H21N3O3/c1-16-10-11-26-14-19(25-22(26)12-16)17-6-5-7-18(13-17)24-23(27)15-29-21-9-4-3-8-20(21)28-2/h3-14H,15H2,1-2H3,(H,24,27). The number of benzene rings is 2. The number of carbonyl (C=O) groups is 1. The van der Waals surface area contributed by atoms with Crippen molar-refractivity contribution in [2.75, 3.05) is 19.0 Å². The number of hydrogen-bond donors (Lipinski definition) is 1. The Labute approximate surface area is 168 Å². The monoisotopic (exact) mass is 387 g/mol. The molecule has 29 heavy (non-hydrogen) atoms. The van der Waals surface area contributed by atoms with E-state index in [-0.39, 0.29) is 12.5 Å². The molecule has 2 aromatic heterocycles. The third kappa shape index (κ3) is 4.21. The van der Waals surface area contributed by atoms with Gasteiger partial charge in [0.15, 0.2) is 18.1 Å². The molecule has 0 fully saturated rings. The molecule has 0 aliphatic rings. The van der Waals surface area contributed by atoms with Crippen molar-refractivity contribution in [1.82, 2.24) is 9.38 Å². The number of aryl methyl sites for hydroxylation is 1. The summed E-state index contributed by atoms with van der Waals surface area (Å²) in [4.78, 5) is 17.0. The Bertz CT molecular complexity index is 1170. The predicted molar refractivity (Wildman–Crippen MR) is 112 cm³/mol. The van der Waals surface area contributed by atoms with Gasteiger partial charge in [-0.05, 0) is 48.9 Å². The van der Waals surface area contributed by atoms with E-state index in [1.807, 2.05) is 72.2 Å². The average Bonchev–Trinajstić information content (AvgIpc) is 3.16. The van der Waals surface area contributed by atoms with Gasteiger partial charge in [-0.15, -0.1) is 0 Å². The molecule has 146 valence electrons. The number of nitrogens with one attached hydrogen (secondary N) is 1. The maximum absolute atomic E-state index is 12.3. The number of hydrogen-bond acceptors (Lipinski definition) is 4. The van der Waals surface area contributed by atoms with Gasteiger partial charge in [0.1, 0.15) is 5.65 Å². The first-order chi connectivity index (χ1) is 14.1. The van der Waals surface area contributed by atoms with Crippen LogP contribution < -0.4 is 14.8 Å². The van der Waals surface area contributed by atoms with Crippen LogP contribution in [0.25, 0.3) is 16.9 Å². The van der Waals surface area contributed by atoms with Gasteiger partial charge in [0.2, 0.25) is 0 Å². The number of nitrogens with zero attached hydrogens (tertiary/aromatic N) is 2. The van der Waals surface area contributed by atoms with Crippen molar-refractivity contribution in [1.29, 1.82) is 0 Å². The van der Waals surface area contributed by atoms with Crippen LogP contribution in [0.2, 0.25) is 0 Å². The fraction of sp³-hybridized carbons (Fsp3) is 0.130. The van der Waals surface area contributed by atoms with E-state index in [1.54, 1.807) is 19.2 Å². The number of para-hydroxylation sites is 2. The Balaban J connectivity index is 1.46. The average molecular weight is 387 g/mol. The third-order valence-corrected chi connectivity index (χ3v) is 4.49. The first-order valence-corrected chi connectivity index (χ1v) is 9.24. The summed E-state index contributed by atoms with van der Waals surface area (Å²) in [6.07, 6.45) is 3.96. The highest BCUT2D eigenvalue weighted by molar-refractivity contribution is 5.92. The van der Waals surface area contributed by atoms with E-state index in [0.717, 1.165) is 22.5 Å². The number of methoxy groups -OCH3 is 1. The van der Waals surface area contributed by atoms with Gasteiger partial charge < -0.3 is 19.2 Å². The molecule has 0 spiro atoms. The highest BCUT2D eigenvalue weighted by Gasteiger charge is 2.09. The molecular formula is C23H21N3O3. The van der Waals surface area contributed by atoms with Crippen LogP contribution >= 0.6 is 0 Å². The second-order valence-electron chi connectivity index (χ2n) is 6.66. The molecule has 2 aromatic carbocycles. The van der Waals surface area contributed by atoms with Crippen LogP contribution in [0, 0.1) is 6.92 Å². The molecule has 2 heterocycles. The molecule has 0 bridgehead atoms. The zero-order valence-corrected chi connectivity index (χ0v) is 16.3. The van der Waals surface area contributed by atoms with E-state index in [9.17, 15) is 4.79 Å². The lowest BCUT2D eigenvalue weighted by molar-refractivity contribution is -0.118. The molecule has 0 unspecified atom stereocenters. The smallest absolute Gasteiger partial charge is 0.262 e. The maximum atomic E-state index is 12.3. The first kappa shape index (κ1) is 18.6. The lowest BCUT2D eigenvalue weighted by Gasteiger charge is -2.11. The summed E-state index contributed by atoms with van der Waals surface area (Å²) in [5.74, 6) is 0.863. The summed E-state index contributed by atoms with van der Waals surface area (Å²) in [6.45, 7) is 1.93. The quantitative estimate of drug-likeness (QED) is 0.535. The molecule has 0 saturated heterocycles. The molecule has 0 saturated carbocycles. The summed E-state index contributed by atoms with van der Waals surface area (Å²) in [7, 11) is 1.56. The molecule has 6 nitrogen and oxygen atoms in total. The molecule has 0 atom stereocenters. The van der Waals surface area contributed by atoms with Crippen LogP contribution in [0.15, 0.2) is 73.1 Å². The lowest BCUT2D eigenvalue weighted by atomic mass is 10.1. The Morgan fingerprint density at radius 1 is 1.07 bits per heavy atom. The van der Waals surface area contributed by atoms with Crippen molar-refractivity contribution in [2.24, 2.45) is 0 Å². The number of rotatable bonds is 6. The highest BCUT2D eigenvalue weighted by atomic mass is 16.5. The maximum Gasteiger partial charge on any atom is 0.262 e. The molecule has 0 aliphatic heterocycles. The van der Waals surface area contributed by atoms with E-state index >= 15 is 0 Å². The summed E-state index contributed by atoms with van der Waals surface area (Å²) in [6, 6.07) is 18.9. The number of carbonyl (C=O) groups excluding carboxylic acids is 1. The normalized spacial score (nSPS) is 10.7. The Hall–Kier alpha value is -3.80. The van der Waals surface area contributed by atoms with Gasteiger partial charge in [-0.25, -0.2) is 4.98 Å². The fourth-order valence-corrected chi connectivity index (χ4v) is 3.06. The molecule has 0 radical (unpaired) electrons. The summed E-state index contributed by atoms with van der Waals surface area (Å²) in [5.41, 5.74) is 4.50. The molecule has 4 rings (SSSR count). The van der Waals surface area contributed by atoms with Gasteiger partial charge in [0, 0.05) is 23.6 Å². The van der Waals surface area contributed by atoms with Crippen LogP contribution in [-0.2, 0) is 4.79 Å². The van der Waals surface area contributed by atoms with Crippen molar-refractivity contribution in [3.63, 3.8) is 0 Å². The van der Waals surface area contributed by atoms with Gasteiger partial charge in [0.05, 0.1) is 12.8 Å². The molecular weight excluding hydrogens is 366 g/mol. The third-order valence-electron chi connectivity index (χ3n) is 4.49. The van der Waals surface area contributed by atoms with Gasteiger partial charge in [0.25, 0.3) is 5.91 Å². The minimum absolute atomic E-state index is 0.113. The zero-order chi connectivity index (χ0) is 20.2. The van der Waals surface area contributed by atoms with Crippen molar-refractivity contribution in [3.8, 4) is 22.8 Å². The number of fused-ring (bicyclic) bond motifs is 1. The number of amides is 1. The van der Waals surface area contributed by atoms with Gasteiger partial charge >= 0.3 is 0 Å². The second kappa shape index (κ2) is 8.06. The summed E-state index contributed by atoms with van der Waals surface area (Å²) < 4.78 is 12.8. The number of imidazole rings is 1. The number of aromatic nitrogens is 2. The molecule has 1 amide bonds. The minimum atomic E-state index is -0.251. The minimum Gasteiger partial charge on any atom is -0.493 e. The molecule has 1 N–H and O–H groups in total. The van der Waals surface area contributed by atoms with Crippen LogP contribution in [-0.4, -0.2) is 29.0 Å². The van der Waals surface area contributed by atoms with Crippen molar-refractivity contribution >= 4 is 17.2 Å². The van der Waals surface area contributed by atoms with Crippen LogP contribution in [0.4, 0.5) is 5.69 Å². The second-order valence-corrected chi connectivity index (χ2v) is 6.66. The Morgan fingerprint density at radius 2 is 1.90 bits per heavy atom. The highest BCUT2D eigenvalue weighted by Crippen LogP contribution is 2.26. The van der Waals surface area contributed by atoms with E-state index in [0.29, 0.717) is 17.2 Å². The van der Waals surface area contributed by atoms with Crippen molar-refractivity contribution < 1.29 is 14.3 Å². The Kier molecular flexibility index (Phi) is 5.16. The topological polar surface area (TPSA) is 64.9 Å². The van der Waals surface area contributed by atoms with Crippen LogP contribution in [0.1, 0.15) is 5.56 Å². The Morgan fingerprint density at radius 3 is 2.72 bits per heavy atom. The lowest BCUT2D eigenvalue weighted by Crippen LogP contribution is -2.20. The van der Waals surface area contributed by atoms with E-state index in [2.05, 4.69) is 10.3 Å². The number of ether oxygens (including phenoxy) is 2. The van der Waals surface area contributed by atoms with Crippen LogP contribution in [0.5, 0.6) is 11.5 Å². The van der Waals surface area contributed by atoms with Crippen LogP contribution in [0.3, 0.4) is 0 Å². The zero-order valence-electron chi connectivity index (χ0n) is 16.3. The number of pyridine rings is 1. The summed E-state index contributed by atoms with van der Waals surface area (Å²) in [5, 5.41) is 2.86. The van der Waals surface area contributed by atoms with Gasteiger partial charge in [-0.1, -0.05) is 24.3 Å². The van der Waals surface area contributed by atoms with Crippen molar-refractivity contribution in [3.05, 3.63) is 78.6 Å². The largest absolute Gasteiger partial charge is 0.493 e. The SMILES string of the molecule is COc1ccccc1OCC(=O)Nc1cccc(-c2cn3ccc(C)cc3n2)c1. The molecule has 4 aromatic rings. The van der Waals surface area contributed by atoms with Gasteiger partial charge in [-0.3, -0.25) is 4.79 Å². The predicted octanol–water partition coefficient (Wildman–Crippen LogP) is 4.34. The molecule has 6 heteroatoms. The van der Waals surface area contributed by atoms with E-state index in [1.165, 1.54) is 0 Å². The first-order valence-electron chi connectivity index (χ1n) is 9.24. The number of anilines is 1. The van der Waals surface area contributed by atoms with Gasteiger partial charge in [-0.2, -0.15) is 0 Å². The fourth-order valence-electron chi connectivity index (χ4n) is 3.06. The molecule has 0 aliphatic carbocycles. The summed E-state index contributed by atoms with van der Waals surface area (Å²) >= 11 is 0.